The lowest BCUT2D eigenvalue weighted by Crippen LogP contribution is -2.62. The zero-order valence-corrected chi connectivity index (χ0v) is 23.3. The van der Waals surface area contributed by atoms with E-state index in [2.05, 4.69) is 20.8 Å². The van der Waals surface area contributed by atoms with Gasteiger partial charge in [0.05, 0.1) is 6.04 Å². The lowest BCUT2D eigenvalue weighted by atomic mass is 9.80. The highest BCUT2D eigenvalue weighted by molar-refractivity contribution is 7.99. The Morgan fingerprint density at radius 1 is 1.11 bits per heavy atom. The zero-order chi connectivity index (χ0) is 27.0. The number of carbonyl (C=O) groups is 3. The summed E-state index contributed by atoms with van der Waals surface area (Å²) in [6.45, 7) is 6.67. The predicted octanol–water partition coefficient (Wildman–Crippen LogP) is 3.88. The molecule has 1 heterocycles. The molecule has 10 heteroatoms. The monoisotopic (exact) mass is 529 g/mol. The average Bonchev–Trinajstić information content (AvgIpc) is 3.32. The van der Waals surface area contributed by atoms with E-state index >= 15 is 0 Å². The van der Waals surface area contributed by atoms with Gasteiger partial charge >= 0.3 is 0 Å². The Bertz CT molecular complexity index is 1080. The summed E-state index contributed by atoms with van der Waals surface area (Å²) in [7, 11) is 3.95. The molecule has 1 aromatic heterocycles. The highest BCUT2D eigenvalue weighted by Crippen LogP contribution is 2.30. The molecule has 1 atom stereocenters. The summed E-state index contributed by atoms with van der Waals surface area (Å²) in [5.74, 6) is -0.260. The van der Waals surface area contributed by atoms with Crippen molar-refractivity contribution in [3.63, 3.8) is 0 Å². The molecule has 1 aromatic carbocycles. The summed E-state index contributed by atoms with van der Waals surface area (Å²) in [6.07, 6.45) is 4.10. The number of benzene rings is 1. The van der Waals surface area contributed by atoms with Crippen molar-refractivity contribution in [2.75, 3.05) is 26.4 Å². The van der Waals surface area contributed by atoms with Crippen molar-refractivity contribution >= 4 is 29.4 Å². The molecule has 1 aliphatic carbocycles. The first-order valence-corrected chi connectivity index (χ1v) is 13.9. The molecule has 1 unspecified atom stereocenters. The van der Waals surface area contributed by atoms with E-state index < -0.39 is 17.4 Å². The lowest BCUT2D eigenvalue weighted by molar-refractivity contribution is -0.129. The molecule has 9 nitrogen and oxygen atoms in total. The van der Waals surface area contributed by atoms with Gasteiger partial charge in [-0.2, -0.15) is 0 Å². The fraction of sp³-hybridized carbons (Fsp3) is 0.593. The fourth-order valence-corrected chi connectivity index (χ4v) is 5.38. The number of nitrogens with zero attached hydrogens (tertiary/aromatic N) is 3. The topological polar surface area (TPSA) is 117 Å². The summed E-state index contributed by atoms with van der Waals surface area (Å²) in [5, 5.41) is 14.3. The molecule has 2 amide bonds. The van der Waals surface area contributed by atoms with Crippen LogP contribution in [-0.4, -0.2) is 70.7 Å². The molecule has 0 spiro atoms. The Hall–Kier alpha value is -2.72. The number of ketones is 1. The number of thioether (sulfide) groups is 1. The number of aromatic nitrogens is 2. The molecule has 1 saturated carbocycles. The standard InChI is InChI=1S/C27H39N5O4S/c1-18(2)17-21(22(33)24-30-31-26(36-24)37-16-15-32(4)5)28-25(35)27(13-9-6-10-14-27)29-23(34)20-12-8-7-11-19(20)3/h7-8,11-12,18,21H,6,9-10,13-17H2,1-5H3,(H,28,35)(H,29,34). The van der Waals surface area contributed by atoms with Crippen molar-refractivity contribution in [2.24, 2.45) is 5.92 Å². The average molecular weight is 530 g/mol. The van der Waals surface area contributed by atoms with Gasteiger partial charge in [-0.25, -0.2) is 0 Å². The maximum absolute atomic E-state index is 13.8. The van der Waals surface area contributed by atoms with E-state index in [0.717, 1.165) is 37.1 Å². The van der Waals surface area contributed by atoms with E-state index in [1.807, 2.05) is 58.0 Å². The molecule has 37 heavy (non-hydrogen) atoms. The van der Waals surface area contributed by atoms with Gasteiger partial charge in [0.15, 0.2) is 0 Å². The van der Waals surface area contributed by atoms with E-state index in [9.17, 15) is 14.4 Å². The number of hydrogen-bond donors (Lipinski definition) is 2. The Morgan fingerprint density at radius 3 is 2.46 bits per heavy atom. The number of amides is 2. The summed E-state index contributed by atoms with van der Waals surface area (Å²) in [5.41, 5.74) is 0.310. The van der Waals surface area contributed by atoms with Crippen molar-refractivity contribution in [1.82, 2.24) is 25.7 Å². The third kappa shape index (κ3) is 7.88. The van der Waals surface area contributed by atoms with Crippen LogP contribution in [0.3, 0.4) is 0 Å². The van der Waals surface area contributed by atoms with Gasteiger partial charge in [-0.3, -0.25) is 14.4 Å². The van der Waals surface area contributed by atoms with Crippen molar-refractivity contribution in [3.8, 4) is 0 Å². The van der Waals surface area contributed by atoms with Gasteiger partial charge in [-0.15, -0.1) is 10.2 Å². The Labute approximate surface area is 223 Å². The van der Waals surface area contributed by atoms with Crippen LogP contribution >= 0.6 is 11.8 Å². The molecule has 0 saturated heterocycles. The minimum Gasteiger partial charge on any atom is -0.408 e. The Balaban J connectivity index is 1.77. The van der Waals surface area contributed by atoms with E-state index in [4.69, 9.17) is 4.42 Å². The molecule has 0 bridgehead atoms. The van der Waals surface area contributed by atoms with Crippen LogP contribution in [0.5, 0.6) is 0 Å². The molecular formula is C27H39N5O4S. The van der Waals surface area contributed by atoms with Crippen molar-refractivity contribution in [2.45, 2.75) is 76.1 Å². The highest BCUT2D eigenvalue weighted by atomic mass is 32.2. The predicted molar refractivity (Wildman–Crippen MR) is 144 cm³/mol. The molecule has 2 N–H and O–H groups in total. The molecule has 2 aromatic rings. The number of rotatable bonds is 12. The summed E-state index contributed by atoms with van der Waals surface area (Å²) in [6, 6.07) is 6.48. The lowest BCUT2D eigenvalue weighted by Gasteiger charge is -2.37. The summed E-state index contributed by atoms with van der Waals surface area (Å²) in [4.78, 5) is 42.4. The van der Waals surface area contributed by atoms with Crippen LogP contribution in [0.25, 0.3) is 0 Å². The Morgan fingerprint density at radius 2 is 1.81 bits per heavy atom. The highest BCUT2D eigenvalue weighted by Gasteiger charge is 2.43. The van der Waals surface area contributed by atoms with Crippen LogP contribution in [0.1, 0.15) is 79.0 Å². The van der Waals surface area contributed by atoms with Crippen LogP contribution < -0.4 is 10.6 Å². The third-order valence-corrected chi connectivity index (χ3v) is 7.39. The minimum atomic E-state index is -1.07. The van der Waals surface area contributed by atoms with Crippen LogP contribution in [0.15, 0.2) is 33.9 Å². The van der Waals surface area contributed by atoms with Gasteiger partial charge in [0.2, 0.25) is 11.7 Å². The van der Waals surface area contributed by atoms with Gasteiger partial charge in [0, 0.05) is 17.9 Å². The molecule has 202 valence electrons. The second kappa shape index (κ2) is 13.2. The Kier molecular flexibility index (Phi) is 10.3. The molecule has 3 rings (SSSR count). The maximum Gasteiger partial charge on any atom is 0.286 e. The van der Waals surface area contributed by atoms with Crippen LogP contribution in [0, 0.1) is 12.8 Å². The van der Waals surface area contributed by atoms with Crippen molar-refractivity contribution < 1.29 is 18.8 Å². The third-order valence-electron chi connectivity index (χ3n) is 6.59. The van der Waals surface area contributed by atoms with E-state index in [-0.39, 0.29) is 23.6 Å². The minimum absolute atomic E-state index is 0.111. The molecular weight excluding hydrogens is 490 g/mol. The van der Waals surface area contributed by atoms with Gasteiger partial charge < -0.3 is 20.0 Å². The van der Waals surface area contributed by atoms with Gasteiger partial charge in [-0.1, -0.05) is 63.1 Å². The normalized spacial score (nSPS) is 16.0. The first kappa shape index (κ1) is 28.8. The van der Waals surface area contributed by atoms with Crippen molar-refractivity contribution in [3.05, 3.63) is 41.3 Å². The molecule has 1 aliphatic rings. The van der Waals surface area contributed by atoms with Gasteiger partial charge in [0.1, 0.15) is 5.54 Å². The zero-order valence-electron chi connectivity index (χ0n) is 22.5. The SMILES string of the molecule is Cc1ccccc1C(=O)NC1(C(=O)NC(CC(C)C)C(=O)c2nnc(SCCN(C)C)o2)CCCCC1. The molecule has 0 radical (unpaired) electrons. The quantitative estimate of drug-likeness (QED) is 0.314. The molecule has 1 fully saturated rings. The van der Waals surface area contributed by atoms with E-state index in [0.29, 0.717) is 30.0 Å². The van der Waals surface area contributed by atoms with Gasteiger partial charge in [0.25, 0.3) is 17.0 Å². The second-order valence-corrected chi connectivity index (χ2v) is 11.5. The molecule has 0 aliphatic heterocycles. The van der Waals surface area contributed by atoms with E-state index in [1.165, 1.54) is 11.8 Å². The fourth-order valence-electron chi connectivity index (χ4n) is 4.51. The van der Waals surface area contributed by atoms with Crippen LogP contribution in [-0.2, 0) is 4.79 Å². The summed E-state index contributed by atoms with van der Waals surface area (Å²) < 4.78 is 5.63. The van der Waals surface area contributed by atoms with E-state index in [1.54, 1.807) is 6.07 Å². The number of Topliss-reactive ketones (excluding diaryl/α,β-unsaturated/α-hetero) is 1. The second-order valence-electron chi connectivity index (χ2n) is 10.5. The van der Waals surface area contributed by atoms with Crippen molar-refractivity contribution in [1.29, 1.82) is 0 Å². The first-order valence-electron chi connectivity index (χ1n) is 13.0. The van der Waals surface area contributed by atoms with Crippen LogP contribution in [0.4, 0.5) is 0 Å². The number of carbonyl (C=O) groups excluding carboxylic acids is 3. The smallest absolute Gasteiger partial charge is 0.286 e. The van der Waals surface area contributed by atoms with Gasteiger partial charge in [-0.05, 0) is 57.8 Å². The largest absolute Gasteiger partial charge is 0.408 e. The number of nitrogens with one attached hydrogen (secondary N) is 2. The van der Waals surface area contributed by atoms with Crippen LogP contribution in [0.2, 0.25) is 0 Å². The first-order chi connectivity index (χ1) is 17.6. The maximum atomic E-state index is 13.8. The number of aryl methyl sites for hydroxylation is 1. The number of hydrogen-bond acceptors (Lipinski definition) is 8. The summed E-state index contributed by atoms with van der Waals surface area (Å²) >= 11 is 1.39.